The molecule has 0 saturated heterocycles. The highest BCUT2D eigenvalue weighted by molar-refractivity contribution is 7.30. The van der Waals surface area contributed by atoms with E-state index >= 15 is 0 Å². The SMILES string of the molecule is CCCCCCOc1cc2sc(-c3ncc(CC)cn3)cc2s1. The Morgan fingerprint density at radius 1 is 0.957 bits per heavy atom. The predicted molar refractivity (Wildman–Crippen MR) is 99.7 cm³/mol. The summed E-state index contributed by atoms with van der Waals surface area (Å²) in [7, 11) is 0. The molecule has 0 atom stereocenters. The van der Waals surface area contributed by atoms with Crippen LogP contribution in [0.5, 0.6) is 5.06 Å². The van der Waals surface area contributed by atoms with Crippen LogP contribution in [0.4, 0.5) is 0 Å². The number of aryl methyl sites for hydroxylation is 1. The Hall–Kier alpha value is -1.46. The third-order valence-corrected chi connectivity index (χ3v) is 5.96. The number of ether oxygens (including phenoxy) is 1. The molecule has 5 heteroatoms. The minimum atomic E-state index is 0.817. The first-order chi connectivity index (χ1) is 11.3. The molecule has 0 N–H and O–H groups in total. The second-order valence-electron chi connectivity index (χ2n) is 5.58. The fourth-order valence-electron chi connectivity index (χ4n) is 2.36. The standard InChI is InChI=1S/C18H22N2OS2/c1-3-5-6-7-8-21-17-10-15-14(23-17)9-16(22-15)18-19-11-13(4-2)12-20-18/h9-12H,3-8H2,1-2H3. The summed E-state index contributed by atoms with van der Waals surface area (Å²) in [6.45, 7) is 5.16. The van der Waals surface area contributed by atoms with E-state index in [0.717, 1.165) is 35.2 Å². The molecule has 23 heavy (non-hydrogen) atoms. The highest BCUT2D eigenvalue weighted by atomic mass is 32.1. The van der Waals surface area contributed by atoms with Crippen molar-refractivity contribution in [1.82, 2.24) is 9.97 Å². The van der Waals surface area contributed by atoms with Crippen LogP contribution in [0.15, 0.2) is 24.5 Å². The van der Waals surface area contributed by atoms with E-state index in [0.29, 0.717) is 0 Å². The molecule has 0 spiro atoms. The van der Waals surface area contributed by atoms with Gasteiger partial charge in [-0.3, -0.25) is 0 Å². The molecule has 3 rings (SSSR count). The topological polar surface area (TPSA) is 35.0 Å². The van der Waals surface area contributed by atoms with Crippen LogP contribution in [0.1, 0.15) is 45.1 Å². The Morgan fingerprint density at radius 2 is 1.74 bits per heavy atom. The van der Waals surface area contributed by atoms with Gasteiger partial charge in [-0.05, 0) is 24.5 Å². The first-order valence-corrected chi connectivity index (χ1v) is 9.91. The minimum Gasteiger partial charge on any atom is -0.484 e. The highest BCUT2D eigenvalue weighted by Crippen LogP contribution is 2.40. The van der Waals surface area contributed by atoms with Crippen molar-refractivity contribution < 1.29 is 4.74 Å². The summed E-state index contributed by atoms with van der Waals surface area (Å²) < 4.78 is 8.39. The van der Waals surface area contributed by atoms with Crippen molar-refractivity contribution >= 4 is 32.1 Å². The first-order valence-electron chi connectivity index (χ1n) is 8.27. The lowest BCUT2D eigenvalue weighted by Gasteiger charge is -2.02. The van der Waals surface area contributed by atoms with E-state index in [2.05, 4.69) is 35.9 Å². The van der Waals surface area contributed by atoms with E-state index in [4.69, 9.17) is 4.74 Å². The van der Waals surface area contributed by atoms with Crippen LogP contribution in [0.2, 0.25) is 0 Å². The smallest absolute Gasteiger partial charge is 0.175 e. The van der Waals surface area contributed by atoms with Gasteiger partial charge in [0.1, 0.15) is 0 Å². The number of nitrogens with zero attached hydrogens (tertiary/aromatic N) is 2. The number of fused-ring (bicyclic) bond motifs is 1. The summed E-state index contributed by atoms with van der Waals surface area (Å²) in [6.07, 6.45) is 9.76. The molecule has 0 aliphatic carbocycles. The predicted octanol–water partition coefficient (Wildman–Crippen LogP) is 5.94. The molecule has 0 radical (unpaired) electrons. The second kappa shape index (κ2) is 7.88. The molecule has 0 fully saturated rings. The second-order valence-corrected chi connectivity index (χ2v) is 7.71. The van der Waals surface area contributed by atoms with E-state index in [9.17, 15) is 0 Å². The lowest BCUT2D eigenvalue weighted by molar-refractivity contribution is 0.314. The number of unbranched alkanes of at least 4 members (excludes halogenated alkanes) is 3. The van der Waals surface area contributed by atoms with Crippen LogP contribution in [0, 0.1) is 0 Å². The Morgan fingerprint density at radius 3 is 2.43 bits per heavy atom. The molecule has 3 aromatic heterocycles. The zero-order valence-corrected chi connectivity index (χ0v) is 15.3. The van der Waals surface area contributed by atoms with E-state index in [1.807, 2.05) is 12.4 Å². The van der Waals surface area contributed by atoms with Crippen LogP contribution >= 0.6 is 22.7 Å². The Bertz CT molecular complexity index is 715. The molecular weight excluding hydrogens is 324 g/mol. The van der Waals surface area contributed by atoms with Gasteiger partial charge in [-0.2, -0.15) is 0 Å². The van der Waals surface area contributed by atoms with Crippen molar-refractivity contribution in [3.8, 4) is 15.8 Å². The van der Waals surface area contributed by atoms with Gasteiger partial charge in [-0.15, -0.1) is 11.3 Å². The first kappa shape index (κ1) is 16.4. The van der Waals surface area contributed by atoms with Gasteiger partial charge in [0.25, 0.3) is 0 Å². The number of thiophene rings is 2. The summed E-state index contributed by atoms with van der Waals surface area (Å²) in [5.74, 6) is 0.817. The van der Waals surface area contributed by atoms with E-state index in [1.54, 1.807) is 22.7 Å². The zero-order chi connectivity index (χ0) is 16.1. The number of hydrogen-bond acceptors (Lipinski definition) is 5. The highest BCUT2D eigenvalue weighted by Gasteiger charge is 2.11. The summed E-state index contributed by atoms with van der Waals surface area (Å²) in [6, 6.07) is 4.32. The van der Waals surface area contributed by atoms with Gasteiger partial charge in [0.15, 0.2) is 10.9 Å². The summed E-state index contributed by atoms with van der Waals surface area (Å²) in [4.78, 5) is 10.1. The average molecular weight is 347 g/mol. The van der Waals surface area contributed by atoms with Crippen LogP contribution in [-0.4, -0.2) is 16.6 Å². The van der Waals surface area contributed by atoms with Crippen molar-refractivity contribution in [2.45, 2.75) is 46.0 Å². The lowest BCUT2D eigenvalue weighted by Crippen LogP contribution is -1.95. The van der Waals surface area contributed by atoms with E-state index < -0.39 is 0 Å². The van der Waals surface area contributed by atoms with Crippen molar-refractivity contribution in [3.63, 3.8) is 0 Å². The summed E-state index contributed by atoms with van der Waals surface area (Å²) >= 11 is 3.45. The Labute approximate surface area is 145 Å². The van der Waals surface area contributed by atoms with Gasteiger partial charge in [0, 0.05) is 27.9 Å². The zero-order valence-electron chi connectivity index (χ0n) is 13.7. The maximum Gasteiger partial charge on any atom is 0.175 e. The van der Waals surface area contributed by atoms with E-state index in [1.165, 1.54) is 34.2 Å². The Kier molecular flexibility index (Phi) is 5.62. The summed E-state index contributed by atoms with van der Waals surface area (Å²) in [5.41, 5.74) is 1.17. The van der Waals surface area contributed by atoms with Crippen LogP contribution < -0.4 is 4.74 Å². The molecule has 0 aliphatic heterocycles. The fourth-order valence-corrected chi connectivity index (χ4v) is 4.57. The maximum atomic E-state index is 5.87. The van der Waals surface area contributed by atoms with Crippen molar-refractivity contribution in [1.29, 1.82) is 0 Å². The molecule has 0 amide bonds. The van der Waals surface area contributed by atoms with Crippen LogP contribution in [-0.2, 0) is 6.42 Å². The lowest BCUT2D eigenvalue weighted by atomic mass is 10.2. The average Bonchev–Trinajstić information content (AvgIpc) is 3.13. The monoisotopic (exact) mass is 346 g/mol. The van der Waals surface area contributed by atoms with Crippen molar-refractivity contribution in [3.05, 3.63) is 30.1 Å². The van der Waals surface area contributed by atoms with E-state index in [-0.39, 0.29) is 0 Å². The largest absolute Gasteiger partial charge is 0.484 e. The molecule has 3 aromatic rings. The fraction of sp³-hybridized carbons (Fsp3) is 0.444. The number of hydrogen-bond donors (Lipinski definition) is 0. The maximum absolute atomic E-state index is 5.87. The number of rotatable bonds is 8. The molecule has 122 valence electrons. The normalized spacial score (nSPS) is 11.2. The van der Waals surface area contributed by atoms with Crippen LogP contribution in [0.3, 0.4) is 0 Å². The van der Waals surface area contributed by atoms with Gasteiger partial charge in [0.05, 0.1) is 11.5 Å². The molecule has 0 unspecified atom stereocenters. The molecule has 0 saturated carbocycles. The van der Waals surface area contributed by atoms with Gasteiger partial charge in [0.2, 0.25) is 0 Å². The molecule has 0 aliphatic rings. The van der Waals surface area contributed by atoms with Crippen molar-refractivity contribution in [2.24, 2.45) is 0 Å². The molecule has 3 nitrogen and oxygen atoms in total. The molecule has 0 aromatic carbocycles. The minimum absolute atomic E-state index is 0.817. The number of aromatic nitrogens is 2. The van der Waals surface area contributed by atoms with Gasteiger partial charge in [-0.1, -0.05) is 44.4 Å². The van der Waals surface area contributed by atoms with Crippen molar-refractivity contribution in [2.75, 3.05) is 6.61 Å². The molecular formula is C18H22N2OS2. The Balaban J connectivity index is 1.65. The van der Waals surface area contributed by atoms with Gasteiger partial charge >= 0.3 is 0 Å². The quantitative estimate of drug-likeness (QED) is 0.473. The molecule has 0 bridgehead atoms. The van der Waals surface area contributed by atoms with Crippen LogP contribution in [0.25, 0.3) is 20.1 Å². The van der Waals surface area contributed by atoms with Gasteiger partial charge in [-0.25, -0.2) is 9.97 Å². The third kappa shape index (κ3) is 4.09. The third-order valence-electron chi connectivity index (χ3n) is 3.76. The van der Waals surface area contributed by atoms with Gasteiger partial charge < -0.3 is 4.74 Å². The summed E-state index contributed by atoms with van der Waals surface area (Å²) in [5, 5.41) is 1.02. The molecule has 3 heterocycles.